The molecule has 1 heterocycles. The van der Waals surface area contributed by atoms with Gasteiger partial charge in [-0.3, -0.25) is 0 Å². The lowest BCUT2D eigenvalue weighted by atomic mass is 9.99. The Morgan fingerprint density at radius 2 is 1.80 bits per heavy atom. The zero-order valence-corrected chi connectivity index (χ0v) is 10.5. The molecule has 0 bridgehead atoms. The maximum absolute atomic E-state index is 12.8. The number of nitrogens with two attached hydrogens (primary N) is 1. The highest BCUT2D eigenvalue weighted by Crippen LogP contribution is 2.34. The highest BCUT2D eigenvalue weighted by molar-refractivity contribution is 5.75. The number of aryl methyl sites for hydroxylation is 1. The molecule has 2 N–H and O–H groups in total. The van der Waals surface area contributed by atoms with Gasteiger partial charge in [-0.2, -0.15) is 18.4 Å². The Morgan fingerprint density at radius 3 is 2.30 bits per heavy atom. The van der Waals surface area contributed by atoms with E-state index in [-0.39, 0.29) is 11.1 Å². The number of hydrogen-bond acceptors (Lipinski definition) is 3. The van der Waals surface area contributed by atoms with Crippen LogP contribution in [0, 0.1) is 18.3 Å². The summed E-state index contributed by atoms with van der Waals surface area (Å²) in [7, 11) is 0. The Balaban J connectivity index is 2.70. The van der Waals surface area contributed by atoms with Crippen LogP contribution >= 0.6 is 0 Å². The first kappa shape index (κ1) is 13.9. The molecular formula is C14H10F3N3. The fourth-order valence-corrected chi connectivity index (χ4v) is 1.79. The van der Waals surface area contributed by atoms with Crippen LogP contribution in [-0.2, 0) is 6.18 Å². The largest absolute Gasteiger partial charge is 0.433 e. The second kappa shape index (κ2) is 4.85. The van der Waals surface area contributed by atoms with Gasteiger partial charge < -0.3 is 5.73 Å². The highest BCUT2D eigenvalue weighted by Gasteiger charge is 2.34. The maximum Gasteiger partial charge on any atom is 0.433 e. The van der Waals surface area contributed by atoms with Gasteiger partial charge in [0.25, 0.3) is 0 Å². The van der Waals surface area contributed by atoms with Gasteiger partial charge in [-0.05, 0) is 18.6 Å². The molecule has 0 spiro atoms. The number of benzene rings is 1. The van der Waals surface area contributed by atoms with Crippen LogP contribution in [-0.4, -0.2) is 4.98 Å². The van der Waals surface area contributed by atoms with Crippen molar-refractivity contribution in [2.24, 2.45) is 0 Å². The van der Waals surface area contributed by atoms with Crippen molar-refractivity contribution in [3.8, 4) is 17.2 Å². The Hall–Kier alpha value is -2.55. The number of nitrogens with zero attached hydrogens (tertiary/aromatic N) is 2. The van der Waals surface area contributed by atoms with Crippen LogP contribution in [0.1, 0.15) is 16.8 Å². The monoisotopic (exact) mass is 277 g/mol. The van der Waals surface area contributed by atoms with E-state index in [1.807, 2.05) is 6.92 Å². The van der Waals surface area contributed by atoms with Gasteiger partial charge in [0.05, 0.1) is 0 Å². The molecule has 6 heteroatoms. The van der Waals surface area contributed by atoms with Crippen molar-refractivity contribution >= 4 is 5.82 Å². The number of nitrogen functional groups attached to an aromatic ring is 1. The van der Waals surface area contributed by atoms with Crippen LogP contribution in [0.15, 0.2) is 30.3 Å². The number of aromatic nitrogens is 1. The Bertz CT molecular complexity index is 683. The summed E-state index contributed by atoms with van der Waals surface area (Å²) in [4.78, 5) is 3.25. The van der Waals surface area contributed by atoms with E-state index in [1.54, 1.807) is 30.3 Å². The zero-order chi connectivity index (χ0) is 14.9. The van der Waals surface area contributed by atoms with Crippen molar-refractivity contribution in [3.05, 3.63) is 47.2 Å². The molecule has 0 saturated carbocycles. The normalized spacial score (nSPS) is 11.2. The fraction of sp³-hybridized carbons (Fsp3) is 0.143. The summed E-state index contributed by atoms with van der Waals surface area (Å²) in [6.45, 7) is 1.86. The number of alkyl halides is 3. The molecule has 0 aliphatic rings. The average molecular weight is 277 g/mol. The van der Waals surface area contributed by atoms with Crippen molar-refractivity contribution in [3.63, 3.8) is 0 Å². The quantitative estimate of drug-likeness (QED) is 0.867. The van der Waals surface area contributed by atoms with Gasteiger partial charge in [0.2, 0.25) is 0 Å². The molecule has 3 nitrogen and oxygen atoms in total. The van der Waals surface area contributed by atoms with E-state index in [1.165, 1.54) is 0 Å². The topological polar surface area (TPSA) is 62.7 Å². The smallest absolute Gasteiger partial charge is 0.383 e. The van der Waals surface area contributed by atoms with Crippen molar-refractivity contribution in [2.75, 3.05) is 5.73 Å². The third-order valence-corrected chi connectivity index (χ3v) is 2.81. The lowest BCUT2D eigenvalue weighted by Crippen LogP contribution is -2.11. The van der Waals surface area contributed by atoms with E-state index in [2.05, 4.69) is 4.98 Å². The molecule has 20 heavy (non-hydrogen) atoms. The van der Waals surface area contributed by atoms with Crippen molar-refractivity contribution in [2.45, 2.75) is 13.1 Å². The van der Waals surface area contributed by atoms with E-state index in [0.29, 0.717) is 5.56 Å². The minimum absolute atomic E-state index is 0.0538. The molecule has 0 fully saturated rings. The summed E-state index contributed by atoms with van der Waals surface area (Å²) in [6.07, 6.45) is -4.61. The minimum Gasteiger partial charge on any atom is -0.383 e. The van der Waals surface area contributed by atoms with E-state index >= 15 is 0 Å². The van der Waals surface area contributed by atoms with E-state index in [4.69, 9.17) is 11.0 Å². The Labute approximate surface area is 113 Å². The van der Waals surface area contributed by atoms with Crippen LogP contribution in [0.2, 0.25) is 0 Å². The molecule has 2 rings (SSSR count). The first-order chi connectivity index (χ1) is 9.32. The van der Waals surface area contributed by atoms with Gasteiger partial charge in [-0.15, -0.1) is 0 Å². The van der Waals surface area contributed by atoms with Gasteiger partial charge in [0.1, 0.15) is 23.1 Å². The molecule has 0 aliphatic heterocycles. The number of halogens is 3. The number of pyridine rings is 1. The Kier molecular flexibility index (Phi) is 3.36. The van der Waals surface area contributed by atoms with Crippen LogP contribution in [0.25, 0.3) is 11.1 Å². The Morgan fingerprint density at radius 1 is 1.20 bits per heavy atom. The summed E-state index contributed by atoms with van der Waals surface area (Å²) in [5, 5.41) is 9.06. The molecule has 2 aromatic rings. The molecule has 0 amide bonds. The van der Waals surface area contributed by atoms with Gasteiger partial charge in [0, 0.05) is 5.56 Å². The summed E-state index contributed by atoms with van der Waals surface area (Å²) in [5.41, 5.74) is 5.89. The van der Waals surface area contributed by atoms with Crippen LogP contribution in [0.3, 0.4) is 0 Å². The van der Waals surface area contributed by atoms with Crippen LogP contribution in [0.4, 0.5) is 19.0 Å². The summed E-state index contributed by atoms with van der Waals surface area (Å²) < 4.78 is 38.3. The lowest BCUT2D eigenvalue weighted by molar-refractivity contribution is -0.141. The molecule has 0 aliphatic carbocycles. The molecular weight excluding hydrogens is 267 g/mol. The van der Waals surface area contributed by atoms with Gasteiger partial charge in [0.15, 0.2) is 0 Å². The maximum atomic E-state index is 12.8. The molecule has 0 radical (unpaired) electrons. The first-order valence-electron chi connectivity index (χ1n) is 5.68. The van der Waals surface area contributed by atoms with Crippen molar-refractivity contribution < 1.29 is 13.2 Å². The van der Waals surface area contributed by atoms with E-state index < -0.39 is 17.7 Å². The van der Waals surface area contributed by atoms with Gasteiger partial charge in [-0.25, -0.2) is 4.98 Å². The van der Waals surface area contributed by atoms with Crippen LogP contribution in [0.5, 0.6) is 0 Å². The molecule has 0 saturated heterocycles. The third kappa shape index (κ3) is 2.57. The summed E-state index contributed by atoms with van der Waals surface area (Å²) in [6, 6.07) is 9.44. The highest BCUT2D eigenvalue weighted by atomic mass is 19.4. The number of hydrogen-bond donors (Lipinski definition) is 1. The van der Waals surface area contributed by atoms with Crippen LogP contribution < -0.4 is 5.73 Å². The SMILES string of the molecule is Cc1ccc(-c2cc(C(F)(F)F)nc(N)c2C#N)cc1. The first-order valence-corrected chi connectivity index (χ1v) is 5.68. The standard InChI is InChI=1S/C14H10F3N3/c1-8-2-4-9(5-3-8)10-6-12(14(15,16)17)20-13(19)11(10)7-18/h2-6H,1H3,(H2,19,20). The zero-order valence-electron chi connectivity index (χ0n) is 10.5. The minimum atomic E-state index is -4.61. The lowest BCUT2D eigenvalue weighted by Gasteiger charge is -2.12. The molecule has 102 valence electrons. The summed E-state index contributed by atoms with van der Waals surface area (Å²) >= 11 is 0. The molecule has 0 unspecified atom stereocenters. The number of rotatable bonds is 1. The van der Waals surface area contributed by atoms with Crippen molar-refractivity contribution in [1.82, 2.24) is 4.98 Å². The molecule has 1 aromatic heterocycles. The summed E-state index contributed by atoms with van der Waals surface area (Å²) in [5.74, 6) is -0.419. The average Bonchev–Trinajstić information content (AvgIpc) is 2.37. The van der Waals surface area contributed by atoms with Gasteiger partial charge in [-0.1, -0.05) is 29.8 Å². The number of nitriles is 1. The fourth-order valence-electron chi connectivity index (χ4n) is 1.79. The predicted octanol–water partition coefficient (Wildman–Crippen LogP) is 3.53. The second-order valence-electron chi connectivity index (χ2n) is 4.29. The van der Waals surface area contributed by atoms with Crippen molar-refractivity contribution in [1.29, 1.82) is 5.26 Å². The number of anilines is 1. The van der Waals surface area contributed by atoms with Gasteiger partial charge >= 0.3 is 6.18 Å². The third-order valence-electron chi connectivity index (χ3n) is 2.81. The molecule has 0 atom stereocenters. The second-order valence-corrected chi connectivity index (χ2v) is 4.29. The van der Waals surface area contributed by atoms with E-state index in [0.717, 1.165) is 11.6 Å². The molecule has 1 aromatic carbocycles. The predicted molar refractivity (Wildman–Crippen MR) is 68.5 cm³/mol. The van der Waals surface area contributed by atoms with E-state index in [9.17, 15) is 13.2 Å².